The molecule has 152 valence electrons. The molecule has 0 saturated heterocycles. The van der Waals surface area contributed by atoms with Gasteiger partial charge in [-0.15, -0.1) is 10.2 Å². The van der Waals surface area contributed by atoms with Gasteiger partial charge in [-0.3, -0.25) is 13.9 Å². The third-order valence-electron chi connectivity index (χ3n) is 5.44. The first-order chi connectivity index (χ1) is 15.0. The molecule has 5 aromatic rings. The number of aromatic nitrogens is 5. The molecule has 3 heterocycles. The fraction of sp³-hybridized carbons (Fsp3) is 0.0870. The second kappa shape index (κ2) is 6.88. The van der Waals surface area contributed by atoms with E-state index in [2.05, 4.69) is 15.2 Å². The van der Waals surface area contributed by atoms with Crippen LogP contribution in [0.2, 0.25) is 0 Å². The molecule has 0 aliphatic rings. The molecule has 0 saturated carbocycles. The van der Waals surface area contributed by atoms with Gasteiger partial charge in [-0.05, 0) is 5.56 Å². The predicted octanol–water partition coefficient (Wildman–Crippen LogP) is 2.49. The van der Waals surface area contributed by atoms with Crippen LogP contribution < -0.4 is 17.0 Å². The predicted molar refractivity (Wildman–Crippen MR) is 121 cm³/mol. The number of pyridine rings is 1. The largest absolute Gasteiger partial charge is 0.383 e. The van der Waals surface area contributed by atoms with Crippen LogP contribution in [0.4, 0.5) is 5.82 Å². The topological polar surface area (TPSA) is 109 Å². The van der Waals surface area contributed by atoms with Gasteiger partial charge in [0, 0.05) is 25.2 Å². The molecule has 0 amide bonds. The minimum atomic E-state index is -0.489. The molecule has 0 aliphatic heterocycles. The quantitative estimate of drug-likeness (QED) is 0.448. The van der Waals surface area contributed by atoms with E-state index in [9.17, 15) is 9.59 Å². The fourth-order valence-corrected chi connectivity index (χ4v) is 3.89. The van der Waals surface area contributed by atoms with E-state index in [1.165, 1.54) is 11.6 Å². The molecule has 5 rings (SSSR count). The van der Waals surface area contributed by atoms with Gasteiger partial charge in [-0.1, -0.05) is 60.7 Å². The first-order valence-electron chi connectivity index (χ1n) is 9.65. The van der Waals surface area contributed by atoms with E-state index in [0.717, 1.165) is 21.3 Å². The van der Waals surface area contributed by atoms with Gasteiger partial charge >= 0.3 is 5.69 Å². The lowest BCUT2D eigenvalue weighted by Gasteiger charge is -2.15. The maximum Gasteiger partial charge on any atom is 0.332 e. The van der Waals surface area contributed by atoms with E-state index in [0.29, 0.717) is 16.6 Å². The van der Waals surface area contributed by atoms with Crippen LogP contribution in [-0.4, -0.2) is 24.3 Å². The van der Waals surface area contributed by atoms with Crippen molar-refractivity contribution < 1.29 is 0 Å². The number of anilines is 1. The summed E-state index contributed by atoms with van der Waals surface area (Å²) in [6.45, 7) is 0. The van der Waals surface area contributed by atoms with Crippen molar-refractivity contribution in [1.82, 2.24) is 24.3 Å². The third kappa shape index (κ3) is 2.72. The average molecular weight is 410 g/mol. The lowest BCUT2D eigenvalue weighted by molar-refractivity contribution is 0.708. The van der Waals surface area contributed by atoms with Gasteiger partial charge in [0.1, 0.15) is 22.4 Å². The van der Waals surface area contributed by atoms with Gasteiger partial charge in [0.25, 0.3) is 5.56 Å². The number of nitrogens with zero attached hydrogens (tertiary/aromatic N) is 5. The molecule has 0 unspecified atom stereocenters. The highest BCUT2D eigenvalue weighted by Crippen LogP contribution is 2.38. The van der Waals surface area contributed by atoms with Crippen LogP contribution in [0.15, 0.2) is 70.3 Å². The van der Waals surface area contributed by atoms with Gasteiger partial charge < -0.3 is 5.73 Å². The molecular formula is C23H18N6O2. The SMILES string of the molecule is Cn1c(=O)c2c3nnc(-c4ccccc4)c(-c4ccccc4)c3c(N)nc2n(C)c1=O. The Morgan fingerprint density at radius 2 is 1.39 bits per heavy atom. The van der Waals surface area contributed by atoms with E-state index in [4.69, 9.17) is 5.73 Å². The summed E-state index contributed by atoms with van der Waals surface area (Å²) in [6.07, 6.45) is 0. The maximum absolute atomic E-state index is 13.0. The Hall–Kier alpha value is -4.33. The molecule has 0 aliphatic carbocycles. The zero-order valence-corrected chi connectivity index (χ0v) is 16.9. The number of benzene rings is 2. The lowest BCUT2D eigenvalue weighted by atomic mass is 9.95. The summed E-state index contributed by atoms with van der Waals surface area (Å²) in [5.74, 6) is 0.177. The Labute approximate surface area is 176 Å². The van der Waals surface area contributed by atoms with Crippen molar-refractivity contribution in [3.05, 3.63) is 81.5 Å². The zero-order valence-electron chi connectivity index (χ0n) is 16.9. The first kappa shape index (κ1) is 18.7. The van der Waals surface area contributed by atoms with Gasteiger partial charge in [0.05, 0.1) is 5.39 Å². The molecule has 8 nitrogen and oxygen atoms in total. The average Bonchev–Trinajstić information content (AvgIpc) is 2.81. The van der Waals surface area contributed by atoms with Crippen LogP contribution in [0.25, 0.3) is 44.3 Å². The van der Waals surface area contributed by atoms with E-state index >= 15 is 0 Å². The summed E-state index contributed by atoms with van der Waals surface area (Å²) in [6, 6.07) is 19.3. The number of aryl methyl sites for hydroxylation is 1. The van der Waals surface area contributed by atoms with Crippen molar-refractivity contribution in [1.29, 1.82) is 0 Å². The molecule has 2 aromatic carbocycles. The minimum Gasteiger partial charge on any atom is -0.383 e. The molecule has 2 N–H and O–H groups in total. The summed E-state index contributed by atoms with van der Waals surface area (Å²) in [7, 11) is 2.97. The van der Waals surface area contributed by atoms with Gasteiger partial charge in [-0.2, -0.15) is 0 Å². The van der Waals surface area contributed by atoms with E-state index in [1.807, 2.05) is 60.7 Å². The molecule has 8 heteroatoms. The summed E-state index contributed by atoms with van der Waals surface area (Å²) >= 11 is 0. The highest BCUT2D eigenvalue weighted by molar-refractivity contribution is 6.14. The standard InChI is InChI=1S/C23H18N6O2/c1-28-21-17(22(30)29(2)23(28)31)19-16(20(24)25-21)15(13-9-5-3-6-10-13)18(26-27-19)14-11-7-4-8-12-14/h3-12H,1-2H3,(H2,24,25). The van der Waals surface area contributed by atoms with E-state index in [-0.39, 0.29) is 16.9 Å². The number of nitrogens with two attached hydrogens (primary N) is 1. The smallest absolute Gasteiger partial charge is 0.332 e. The van der Waals surface area contributed by atoms with Crippen LogP contribution in [0.3, 0.4) is 0 Å². The Kier molecular flexibility index (Phi) is 4.14. The maximum atomic E-state index is 13.0. The Balaban J connectivity index is 2.05. The summed E-state index contributed by atoms with van der Waals surface area (Å²) < 4.78 is 2.33. The van der Waals surface area contributed by atoms with Gasteiger partial charge in [0.2, 0.25) is 0 Å². The monoisotopic (exact) mass is 410 g/mol. The van der Waals surface area contributed by atoms with Crippen molar-refractivity contribution >= 4 is 27.8 Å². The summed E-state index contributed by atoms with van der Waals surface area (Å²) in [4.78, 5) is 29.9. The second-order valence-corrected chi connectivity index (χ2v) is 7.28. The van der Waals surface area contributed by atoms with Gasteiger partial charge in [0.15, 0.2) is 5.65 Å². The summed E-state index contributed by atoms with van der Waals surface area (Å²) in [5.41, 5.74) is 9.04. The molecule has 31 heavy (non-hydrogen) atoms. The van der Waals surface area contributed by atoms with E-state index < -0.39 is 11.2 Å². The van der Waals surface area contributed by atoms with Crippen LogP contribution >= 0.6 is 0 Å². The van der Waals surface area contributed by atoms with Crippen LogP contribution in [-0.2, 0) is 14.1 Å². The Morgan fingerprint density at radius 3 is 2.03 bits per heavy atom. The van der Waals surface area contributed by atoms with E-state index in [1.54, 1.807) is 7.05 Å². The van der Waals surface area contributed by atoms with Crippen LogP contribution in [0.1, 0.15) is 0 Å². The third-order valence-corrected chi connectivity index (χ3v) is 5.44. The highest BCUT2D eigenvalue weighted by atomic mass is 16.2. The normalized spacial score (nSPS) is 11.3. The Bertz CT molecular complexity index is 1590. The number of hydrogen-bond donors (Lipinski definition) is 1. The van der Waals surface area contributed by atoms with Crippen molar-refractivity contribution in [2.45, 2.75) is 0 Å². The van der Waals surface area contributed by atoms with Crippen molar-refractivity contribution in [2.24, 2.45) is 14.1 Å². The molecule has 0 atom stereocenters. The number of hydrogen-bond acceptors (Lipinski definition) is 6. The van der Waals surface area contributed by atoms with Gasteiger partial charge in [-0.25, -0.2) is 9.78 Å². The number of fused-ring (bicyclic) bond motifs is 3. The first-order valence-corrected chi connectivity index (χ1v) is 9.65. The number of rotatable bonds is 2. The number of nitrogen functional groups attached to an aromatic ring is 1. The minimum absolute atomic E-state index is 0.177. The van der Waals surface area contributed by atoms with Crippen molar-refractivity contribution in [3.8, 4) is 22.4 Å². The van der Waals surface area contributed by atoms with Crippen molar-refractivity contribution in [3.63, 3.8) is 0 Å². The molecule has 0 fully saturated rings. The molecule has 3 aromatic heterocycles. The second-order valence-electron chi connectivity index (χ2n) is 7.28. The molecule has 0 bridgehead atoms. The summed E-state index contributed by atoms with van der Waals surface area (Å²) in [5, 5.41) is 9.64. The van der Waals surface area contributed by atoms with Crippen LogP contribution in [0, 0.1) is 0 Å². The Morgan fingerprint density at radius 1 is 0.774 bits per heavy atom. The fourth-order valence-electron chi connectivity index (χ4n) is 3.89. The molecular weight excluding hydrogens is 392 g/mol. The molecule has 0 spiro atoms. The zero-order chi connectivity index (χ0) is 21.7. The lowest BCUT2D eigenvalue weighted by Crippen LogP contribution is -2.37. The molecule has 0 radical (unpaired) electrons. The highest BCUT2D eigenvalue weighted by Gasteiger charge is 2.22. The van der Waals surface area contributed by atoms with Crippen LogP contribution in [0.5, 0.6) is 0 Å². The van der Waals surface area contributed by atoms with Crippen molar-refractivity contribution in [2.75, 3.05) is 5.73 Å².